The van der Waals surface area contributed by atoms with Gasteiger partial charge in [-0.2, -0.15) is 0 Å². The van der Waals surface area contributed by atoms with Crippen LogP contribution in [0.25, 0.3) is 0 Å². The highest BCUT2D eigenvalue weighted by Gasteiger charge is 2.67. The molecule has 10 atom stereocenters. The zero-order valence-electron chi connectivity index (χ0n) is 26.9. The van der Waals surface area contributed by atoms with Crippen molar-refractivity contribution >= 4 is 11.9 Å². The third-order valence-corrected chi connectivity index (χ3v) is 13.6. The molecule has 0 unspecified atom stereocenters. The number of carbonyl (C=O) groups is 2. The van der Waals surface area contributed by atoms with E-state index in [9.17, 15) is 9.59 Å². The van der Waals surface area contributed by atoms with Crippen molar-refractivity contribution in [2.75, 3.05) is 45.9 Å². The standard InChI is InChI=1S/C35H57N2O5/c1-6-16-37(17-8-7-9-18-37)31-22-29-27-11-10-26-21-32(41-24(2)38)30(36-14-19-40-20-15-36)23-35(26,5)28(27)12-13-34(29,4)33(31)42-25(3)39/h6,26-33H,1,7-23H2,2-5H3/q+1/t26-,27+,28-,29-,30-,31-,32-,33-,34-,35-/m0/s1. The summed E-state index contributed by atoms with van der Waals surface area (Å²) in [6.07, 6.45) is 14.0. The molecule has 6 fully saturated rings. The van der Waals surface area contributed by atoms with Gasteiger partial charge in [0.15, 0.2) is 6.10 Å². The molecular formula is C35H57N2O5+. The van der Waals surface area contributed by atoms with Crippen molar-refractivity contribution < 1.29 is 28.3 Å². The second-order valence-corrected chi connectivity index (χ2v) is 15.5. The van der Waals surface area contributed by atoms with Gasteiger partial charge in [0.25, 0.3) is 0 Å². The van der Waals surface area contributed by atoms with Gasteiger partial charge in [0, 0.05) is 44.8 Å². The Hall–Kier alpha value is -1.44. The molecule has 7 heteroatoms. The Balaban J connectivity index is 1.31. The van der Waals surface area contributed by atoms with Gasteiger partial charge in [0.2, 0.25) is 0 Å². The Morgan fingerprint density at radius 1 is 0.952 bits per heavy atom. The fourth-order valence-electron chi connectivity index (χ4n) is 11.8. The molecule has 6 aliphatic rings. The van der Waals surface area contributed by atoms with E-state index in [1.165, 1.54) is 58.0 Å². The first-order chi connectivity index (χ1) is 20.1. The van der Waals surface area contributed by atoms with Crippen LogP contribution in [0.3, 0.4) is 0 Å². The monoisotopic (exact) mass is 585 g/mol. The molecule has 0 bridgehead atoms. The number of rotatable bonds is 6. The summed E-state index contributed by atoms with van der Waals surface area (Å²) in [6.45, 7) is 19.2. The van der Waals surface area contributed by atoms with Crippen molar-refractivity contribution in [1.29, 1.82) is 0 Å². The summed E-state index contributed by atoms with van der Waals surface area (Å²) in [5, 5.41) is 0. The van der Waals surface area contributed by atoms with Gasteiger partial charge in [-0.1, -0.05) is 20.4 Å². The molecule has 2 saturated heterocycles. The summed E-state index contributed by atoms with van der Waals surface area (Å²) in [4.78, 5) is 27.4. The number of likely N-dealkylation sites (tertiary alicyclic amines) is 1. The van der Waals surface area contributed by atoms with E-state index in [2.05, 4.69) is 31.4 Å². The van der Waals surface area contributed by atoms with E-state index in [4.69, 9.17) is 14.2 Å². The lowest BCUT2D eigenvalue weighted by Gasteiger charge is -2.62. The summed E-state index contributed by atoms with van der Waals surface area (Å²) in [5.41, 5.74) is 0.264. The van der Waals surface area contributed by atoms with E-state index in [1.807, 2.05) is 0 Å². The molecule has 0 aromatic carbocycles. The Morgan fingerprint density at radius 3 is 2.33 bits per heavy atom. The largest absolute Gasteiger partial charge is 0.461 e. The van der Waals surface area contributed by atoms with Crippen molar-refractivity contribution in [2.24, 2.45) is 34.5 Å². The average Bonchev–Trinajstić information content (AvgIpc) is 3.26. The highest BCUT2D eigenvalue weighted by molar-refractivity contribution is 5.66. The zero-order valence-corrected chi connectivity index (χ0v) is 26.9. The summed E-state index contributed by atoms with van der Waals surface area (Å²) >= 11 is 0. The second kappa shape index (κ2) is 11.8. The minimum Gasteiger partial charge on any atom is -0.461 e. The maximum atomic E-state index is 12.6. The van der Waals surface area contributed by atoms with Crippen molar-refractivity contribution in [3.05, 3.63) is 12.7 Å². The summed E-state index contributed by atoms with van der Waals surface area (Å²) in [5.74, 6) is 2.24. The normalized spacial score (nSPS) is 45.1. The molecule has 4 aliphatic carbocycles. The van der Waals surface area contributed by atoms with Crippen LogP contribution < -0.4 is 0 Å². The number of carbonyl (C=O) groups excluding carboxylic acids is 2. The number of quaternary nitrogens is 1. The highest BCUT2D eigenvalue weighted by Crippen LogP contribution is 2.67. The van der Waals surface area contributed by atoms with E-state index in [1.54, 1.807) is 13.8 Å². The van der Waals surface area contributed by atoms with Gasteiger partial charge in [-0.15, -0.1) is 0 Å². The molecule has 2 aliphatic heterocycles. The molecule has 7 nitrogen and oxygen atoms in total. The zero-order chi connectivity index (χ0) is 29.7. The average molecular weight is 586 g/mol. The topological polar surface area (TPSA) is 65.1 Å². The van der Waals surface area contributed by atoms with Crippen LogP contribution in [0, 0.1) is 34.5 Å². The molecule has 0 radical (unpaired) electrons. The van der Waals surface area contributed by atoms with Crippen molar-refractivity contribution in [3.63, 3.8) is 0 Å². The van der Waals surface area contributed by atoms with Gasteiger partial charge < -0.3 is 18.7 Å². The Morgan fingerprint density at radius 2 is 1.67 bits per heavy atom. The molecule has 0 spiro atoms. The number of piperidine rings is 1. The lowest BCUT2D eigenvalue weighted by atomic mass is 9.44. The van der Waals surface area contributed by atoms with E-state index in [-0.39, 0.29) is 41.0 Å². The molecule has 0 amide bonds. The Bertz CT molecular complexity index is 1020. The predicted molar refractivity (Wildman–Crippen MR) is 162 cm³/mol. The quantitative estimate of drug-likeness (QED) is 0.237. The third kappa shape index (κ3) is 5.17. The first-order valence-corrected chi connectivity index (χ1v) is 17.2. The van der Waals surface area contributed by atoms with Crippen LogP contribution in [-0.4, -0.2) is 91.6 Å². The van der Waals surface area contributed by atoms with Crippen molar-refractivity contribution in [3.8, 4) is 0 Å². The van der Waals surface area contributed by atoms with E-state index in [0.29, 0.717) is 29.7 Å². The molecule has 2 heterocycles. The van der Waals surface area contributed by atoms with Gasteiger partial charge in [0.1, 0.15) is 12.1 Å². The molecule has 4 saturated carbocycles. The first-order valence-electron chi connectivity index (χ1n) is 17.2. The number of hydrogen-bond acceptors (Lipinski definition) is 6. The van der Waals surface area contributed by atoms with E-state index >= 15 is 0 Å². The van der Waals surface area contributed by atoms with Gasteiger partial charge >= 0.3 is 11.9 Å². The van der Waals surface area contributed by atoms with Crippen LogP contribution in [0.1, 0.15) is 91.9 Å². The van der Waals surface area contributed by atoms with E-state index < -0.39 is 0 Å². The number of hydrogen-bond donors (Lipinski definition) is 0. The van der Waals surface area contributed by atoms with Gasteiger partial charge in [-0.25, -0.2) is 0 Å². The molecule has 42 heavy (non-hydrogen) atoms. The van der Waals surface area contributed by atoms with Gasteiger partial charge in [0.05, 0.1) is 32.8 Å². The first kappa shape index (κ1) is 30.6. The van der Waals surface area contributed by atoms with Crippen LogP contribution in [0.15, 0.2) is 12.7 Å². The summed E-state index contributed by atoms with van der Waals surface area (Å²) in [7, 11) is 0. The number of nitrogens with zero attached hydrogens (tertiary/aromatic N) is 2. The lowest BCUT2D eigenvalue weighted by molar-refractivity contribution is -0.952. The fraction of sp³-hybridized carbons (Fsp3) is 0.886. The van der Waals surface area contributed by atoms with Gasteiger partial charge in [-0.3, -0.25) is 14.5 Å². The van der Waals surface area contributed by atoms with Crippen LogP contribution in [0.4, 0.5) is 0 Å². The number of fused-ring (bicyclic) bond motifs is 5. The van der Waals surface area contributed by atoms with Crippen molar-refractivity contribution in [2.45, 2.75) is 116 Å². The van der Waals surface area contributed by atoms with E-state index in [0.717, 1.165) is 56.6 Å². The Labute approximate surface area is 254 Å². The molecule has 236 valence electrons. The van der Waals surface area contributed by atoms with Crippen LogP contribution >= 0.6 is 0 Å². The lowest BCUT2D eigenvalue weighted by Crippen LogP contribution is -2.63. The number of morpholine rings is 1. The third-order valence-electron chi connectivity index (χ3n) is 13.6. The minimum atomic E-state index is -0.146. The summed E-state index contributed by atoms with van der Waals surface area (Å²) in [6, 6.07) is 0.637. The maximum Gasteiger partial charge on any atom is 0.303 e. The minimum absolute atomic E-state index is 0.00895. The highest BCUT2D eigenvalue weighted by atomic mass is 16.5. The van der Waals surface area contributed by atoms with Crippen LogP contribution in [0.5, 0.6) is 0 Å². The van der Waals surface area contributed by atoms with Crippen molar-refractivity contribution in [1.82, 2.24) is 4.90 Å². The summed E-state index contributed by atoms with van der Waals surface area (Å²) < 4.78 is 19.3. The number of esters is 2. The van der Waals surface area contributed by atoms with Crippen LogP contribution in [0.2, 0.25) is 0 Å². The van der Waals surface area contributed by atoms with Gasteiger partial charge in [-0.05, 0) is 93.0 Å². The predicted octanol–water partition coefficient (Wildman–Crippen LogP) is 5.37. The second-order valence-electron chi connectivity index (χ2n) is 15.5. The maximum absolute atomic E-state index is 12.6. The fourth-order valence-corrected chi connectivity index (χ4v) is 11.8. The molecule has 0 aromatic heterocycles. The number of ether oxygens (including phenoxy) is 3. The Kier molecular flexibility index (Phi) is 8.60. The smallest absolute Gasteiger partial charge is 0.303 e. The SMILES string of the molecule is C=CC[N+]1([C@H]2C[C@H]3[C@@H]4CC[C@H]5C[C@H](OC(C)=O)[C@@H](N6CCOCC6)C[C@]5(C)[C@H]4CC[C@]3(C)[C@H]2OC(C)=O)CCCCC1. The molecular weight excluding hydrogens is 528 g/mol. The van der Waals surface area contributed by atoms with Crippen LogP contribution in [-0.2, 0) is 23.8 Å². The molecule has 0 N–H and O–H groups in total. The molecule has 6 rings (SSSR count). The molecule has 0 aromatic rings.